The fourth-order valence-electron chi connectivity index (χ4n) is 3.56. The lowest BCUT2D eigenvalue weighted by molar-refractivity contribution is -0.124. The molecular formula is C21H28Cl2FN3O2. The van der Waals surface area contributed by atoms with Crippen molar-refractivity contribution in [1.29, 1.82) is 0 Å². The maximum Gasteiger partial charge on any atom is 0.220 e. The summed E-state index contributed by atoms with van der Waals surface area (Å²) in [7, 11) is 0. The van der Waals surface area contributed by atoms with Crippen LogP contribution in [-0.4, -0.2) is 17.4 Å². The lowest BCUT2D eigenvalue weighted by Gasteiger charge is -2.35. The number of nitrogens with zero attached hydrogens (tertiary/aromatic N) is 1. The topological polar surface area (TPSA) is 77.2 Å². The summed E-state index contributed by atoms with van der Waals surface area (Å²) in [6.07, 6.45) is 7.78. The van der Waals surface area contributed by atoms with Gasteiger partial charge in [-0.15, -0.1) is 24.8 Å². The number of nitrogens with two attached hydrogens (primary N) is 1. The molecule has 0 unspecified atom stereocenters. The number of ether oxygens (including phenoxy) is 1. The molecule has 0 radical (unpaired) electrons. The number of aromatic nitrogens is 1. The zero-order chi connectivity index (χ0) is 19.1. The van der Waals surface area contributed by atoms with E-state index in [2.05, 4.69) is 10.3 Å². The molecule has 0 saturated heterocycles. The lowest BCUT2D eigenvalue weighted by atomic mass is 9.71. The molecule has 3 rings (SSSR count). The first-order valence-electron chi connectivity index (χ1n) is 9.44. The summed E-state index contributed by atoms with van der Waals surface area (Å²) < 4.78 is 18.5. The summed E-state index contributed by atoms with van der Waals surface area (Å²) in [6.45, 7) is 0.987. The van der Waals surface area contributed by atoms with E-state index in [-0.39, 0.29) is 42.0 Å². The van der Waals surface area contributed by atoms with Crippen molar-refractivity contribution in [2.45, 2.75) is 45.1 Å². The molecule has 8 heteroatoms. The van der Waals surface area contributed by atoms with Crippen molar-refractivity contribution >= 4 is 30.7 Å². The van der Waals surface area contributed by atoms with E-state index in [0.29, 0.717) is 31.1 Å². The van der Waals surface area contributed by atoms with Gasteiger partial charge in [0.1, 0.15) is 11.6 Å². The van der Waals surface area contributed by atoms with Gasteiger partial charge in [-0.25, -0.2) is 9.37 Å². The largest absolute Gasteiger partial charge is 0.439 e. The number of halogens is 3. The van der Waals surface area contributed by atoms with Gasteiger partial charge in [0.2, 0.25) is 11.8 Å². The van der Waals surface area contributed by atoms with Crippen molar-refractivity contribution < 1.29 is 13.9 Å². The number of hydrogen-bond acceptors (Lipinski definition) is 4. The van der Waals surface area contributed by atoms with Crippen LogP contribution in [0, 0.1) is 11.2 Å². The van der Waals surface area contributed by atoms with Gasteiger partial charge in [0.15, 0.2) is 0 Å². The molecule has 2 aromatic rings. The molecule has 1 fully saturated rings. The third kappa shape index (κ3) is 7.46. The normalized spacial score (nSPS) is 14.8. The molecule has 1 aromatic carbocycles. The van der Waals surface area contributed by atoms with Crippen molar-refractivity contribution in [2.75, 3.05) is 6.54 Å². The summed E-state index contributed by atoms with van der Waals surface area (Å²) >= 11 is 0. The predicted molar refractivity (Wildman–Crippen MR) is 116 cm³/mol. The van der Waals surface area contributed by atoms with Crippen LogP contribution in [0.15, 0.2) is 42.6 Å². The Morgan fingerprint density at radius 2 is 1.79 bits per heavy atom. The molecule has 1 saturated carbocycles. The summed E-state index contributed by atoms with van der Waals surface area (Å²) in [4.78, 5) is 16.6. The van der Waals surface area contributed by atoms with E-state index in [0.717, 1.165) is 31.2 Å². The van der Waals surface area contributed by atoms with Gasteiger partial charge in [-0.05, 0) is 54.6 Å². The second-order valence-corrected chi connectivity index (χ2v) is 7.28. The molecule has 1 aliphatic carbocycles. The molecular weight excluding hydrogens is 416 g/mol. The maximum absolute atomic E-state index is 12.9. The minimum absolute atomic E-state index is 0. The minimum atomic E-state index is -0.314. The van der Waals surface area contributed by atoms with Gasteiger partial charge in [0, 0.05) is 25.2 Å². The first-order chi connectivity index (χ1) is 13.1. The number of nitrogens with one attached hydrogen (secondary N) is 1. The van der Waals surface area contributed by atoms with Crippen molar-refractivity contribution in [3.8, 4) is 11.6 Å². The molecule has 29 heavy (non-hydrogen) atoms. The number of benzene rings is 1. The number of rotatable bonds is 7. The maximum atomic E-state index is 12.9. The third-order valence-electron chi connectivity index (χ3n) is 5.21. The zero-order valence-corrected chi connectivity index (χ0v) is 17.9. The van der Waals surface area contributed by atoms with Gasteiger partial charge in [-0.2, -0.15) is 0 Å². The van der Waals surface area contributed by atoms with Gasteiger partial charge in [0.05, 0.1) is 0 Å². The highest BCUT2D eigenvalue weighted by Gasteiger charge is 2.32. The fraction of sp³-hybridized carbons (Fsp3) is 0.429. The number of pyridine rings is 1. The molecule has 1 heterocycles. The van der Waals surface area contributed by atoms with Gasteiger partial charge in [-0.3, -0.25) is 4.79 Å². The summed E-state index contributed by atoms with van der Waals surface area (Å²) in [5.74, 6) is 0.658. The highest BCUT2D eigenvalue weighted by molar-refractivity contribution is 5.85. The Balaban J connectivity index is 0.00000210. The Hall–Kier alpha value is -1.89. The Bertz CT molecular complexity index is 752. The van der Waals surface area contributed by atoms with Crippen LogP contribution in [0.3, 0.4) is 0 Å². The summed E-state index contributed by atoms with van der Waals surface area (Å²) in [5, 5.41) is 2.96. The van der Waals surface area contributed by atoms with Crippen LogP contribution in [0.5, 0.6) is 11.6 Å². The predicted octanol–water partition coefficient (Wildman–Crippen LogP) is 4.77. The van der Waals surface area contributed by atoms with Gasteiger partial charge in [-0.1, -0.05) is 25.3 Å². The van der Waals surface area contributed by atoms with E-state index in [1.165, 1.54) is 18.6 Å². The summed E-state index contributed by atoms with van der Waals surface area (Å²) in [5.41, 5.74) is 6.81. The lowest BCUT2D eigenvalue weighted by Crippen LogP contribution is -2.38. The van der Waals surface area contributed by atoms with Gasteiger partial charge in [0.25, 0.3) is 0 Å². The molecule has 0 spiro atoms. The van der Waals surface area contributed by atoms with Crippen LogP contribution in [0.25, 0.3) is 0 Å². The van der Waals surface area contributed by atoms with E-state index in [1.807, 2.05) is 6.07 Å². The average Bonchev–Trinajstić information content (AvgIpc) is 2.70. The van der Waals surface area contributed by atoms with E-state index < -0.39 is 0 Å². The Kier molecular flexibility index (Phi) is 10.4. The second-order valence-electron chi connectivity index (χ2n) is 7.28. The van der Waals surface area contributed by atoms with Crippen LogP contribution >= 0.6 is 24.8 Å². The van der Waals surface area contributed by atoms with E-state index in [1.54, 1.807) is 24.4 Å². The number of amides is 1. The Morgan fingerprint density at radius 3 is 2.38 bits per heavy atom. The van der Waals surface area contributed by atoms with Crippen LogP contribution in [0.1, 0.15) is 44.1 Å². The van der Waals surface area contributed by atoms with E-state index >= 15 is 0 Å². The quantitative estimate of drug-likeness (QED) is 0.645. The highest BCUT2D eigenvalue weighted by atomic mass is 35.5. The average molecular weight is 444 g/mol. The van der Waals surface area contributed by atoms with Crippen LogP contribution < -0.4 is 15.8 Å². The van der Waals surface area contributed by atoms with Crippen LogP contribution in [-0.2, 0) is 11.3 Å². The van der Waals surface area contributed by atoms with Crippen LogP contribution in [0.2, 0.25) is 0 Å². The molecule has 1 aliphatic rings. The van der Waals surface area contributed by atoms with Gasteiger partial charge >= 0.3 is 0 Å². The molecule has 0 atom stereocenters. The molecule has 3 N–H and O–H groups in total. The molecule has 160 valence electrons. The molecule has 5 nitrogen and oxygen atoms in total. The third-order valence-corrected chi connectivity index (χ3v) is 5.21. The first kappa shape index (κ1) is 25.1. The molecule has 1 aromatic heterocycles. The Labute approximate surface area is 183 Å². The monoisotopic (exact) mass is 443 g/mol. The molecule has 0 bridgehead atoms. The van der Waals surface area contributed by atoms with Crippen molar-refractivity contribution in [1.82, 2.24) is 10.3 Å². The van der Waals surface area contributed by atoms with Crippen LogP contribution in [0.4, 0.5) is 4.39 Å². The van der Waals surface area contributed by atoms with E-state index in [4.69, 9.17) is 10.5 Å². The smallest absolute Gasteiger partial charge is 0.220 e. The SMILES string of the molecule is Cl.Cl.NCC1(CC(=O)NCc2ccc(Oc3ccc(F)cc3)nc2)CCCCC1. The standard InChI is InChI=1S/C21H26FN3O2.2ClH/c22-17-5-7-18(8-6-17)27-20-9-4-16(14-25-20)13-24-19(26)12-21(15-23)10-2-1-3-11-21;;/h4-9,14H,1-3,10-13,15,23H2,(H,24,26);2*1H. The minimum Gasteiger partial charge on any atom is -0.439 e. The van der Waals surface area contributed by atoms with E-state index in [9.17, 15) is 9.18 Å². The zero-order valence-electron chi connectivity index (χ0n) is 16.2. The first-order valence-corrected chi connectivity index (χ1v) is 9.44. The Morgan fingerprint density at radius 1 is 1.10 bits per heavy atom. The number of carbonyl (C=O) groups is 1. The van der Waals surface area contributed by atoms with Crippen molar-refractivity contribution in [3.63, 3.8) is 0 Å². The second kappa shape index (κ2) is 12.0. The molecule has 0 aliphatic heterocycles. The van der Waals surface area contributed by atoms with Crippen molar-refractivity contribution in [2.24, 2.45) is 11.1 Å². The van der Waals surface area contributed by atoms with Gasteiger partial charge < -0.3 is 15.8 Å². The number of hydrogen-bond donors (Lipinski definition) is 2. The fourth-order valence-corrected chi connectivity index (χ4v) is 3.56. The van der Waals surface area contributed by atoms with Crippen molar-refractivity contribution in [3.05, 3.63) is 54.0 Å². The summed E-state index contributed by atoms with van der Waals surface area (Å²) in [6, 6.07) is 9.34. The highest BCUT2D eigenvalue weighted by Crippen LogP contribution is 2.38. The number of carbonyl (C=O) groups excluding carboxylic acids is 1. The molecule has 1 amide bonds.